The lowest BCUT2D eigenvalue weighted by molar-refractivity contribution is 0.00239. The minimum atomic E-state index is -0.358. The molecule has 2 aromatic rings. The van der Waals surface area contributed by atoms with E-state index in [0.29, 0.717) is 12.3 Å². The summed E-state index contributed by atoms with van der Waals surface area (Å²) in [5.74, 6) is -0.122. The van der Waals surface area contributed by atoms with Crippen LogP contribution in [0.15, 0.2) is 18.2 Å². The number of carbonyl (C=O) groups is 1. The number of rotatable bonds is 6. The summed E-state index contributed by atoms with van der Waals surface area (Å²) < 4.78 is 19.2. The van der Waals surface area contributed by atoms with Crippen molar-refractivity contribution in [2.24, 2.45) is 0 Å². The smallest absolute Gasteiger partial charge is 0.170 e. The Morgan fingerprint density at radius 2 is 2.14 bits per heavy atom. The molecular formula is C21H26ClFN4O2. The van der Waals surface area contributed by atoms with Gasteiger partial charge in [0, 0.05) is 51.0 Å². The molecule has 0 bridgehead atoms. The second-order valence-electron chi connectivity index (χ2n) is 7.72. The van der Waals surface area contributed by atoms with E-state index in [4.69, 9.17) is 16.3 Å². The highest BCUT2D eigenvalue weighted by Crippen LogP contribution is 2.39. The fourth-order valence-electron chi connectivity index (χ4n) is 4.68. The zero-order valence-electron chi connectivity index (χ0n) is 16.5. The molecule has 1 saturated heterocycles. The lowest BCUT2D eigenvalue weighted by Gasteiger charge is -2.45. The van der Waals surface area contributed by atoms with Crippen LogP contribution in [-0.4, -0.2) is 66.2 Å². The molecule has 6 nitrogen and oxygen atoms in total. The van der Waals surface area contributed by atoms with Gasteiger partial charge in [-0.15, -0.1) is 0 Å². The lowest BCUT2D eigenvalue weighted by atomic mass is 9.88. The van der Waals surface area contributed by atoms with Gasteiger partial charge in [-0.2, -0.15) is 5.10 Å². The highest BCUT2D eigenvalue weighted by atomic mass is 35.5. The number of piperidine rings is 1. The molecule has 29 heavy (non-hydrogen) atoms. The Morgan fingerprint density at radius 1 is 1.34 bits per heavy atom. The number of likely N-dealkylation sites (tertiary alicyclic amines) is 1. The Kier molecular flexibility index (Phi) is 6.29. The summed E-state index contributed by atoms with van der Waals surface area (Å²) in [6.07, 6.45) is 3.45. The maximum absolute atomic E-state index is 13.9. The monoisotopic (exact) mass is 420 g/mol. The molecule has 4 rings (SSSR count). The van der Waals surface area contributed by atoms with Crippen LogP contribution in [0.4, 0.5) is 4.39 Å². The minimum absolute atomic E-state index is 0.00298. The molecule has 1 atom stereocenters. The largest absolute Gasteiger partial charge is 0.383 e. The molecule has 1 N–H and O–H groups in total. The number of ether oxygens (including phenoxy) is 1. The molecular weight excluding hydrogens is 395 g/mol. The van der Waals surface area contributed by atoms with Crippen LogP contribution in [-0.2, 0) is 11.2 Å². The second kappa shape index (κ2) is 8.92. The van der Waals surface area contributed by atoms with Gasteiger partial charge in [0.25, 0.3) is 0 Å². The van der Waals surface area contributed by atoms with Gasteiger partial charge in [0.1, 0.15) is 11.5 Å². The molecule has 1 aromatic carbocycles. The summed E-state index contributed by atoms with van der Waals surface area (Å²) in [6.45, 7) is 4.00. The molecule has 0 saturated carbocycles. The van der Waals surface area contributed by atoms with Crippen LogP contribution in [0.2, 0.25) is 5.02 Å². The van der Waals surface area contributed by atoms with Crippen molar-refractivity contribution in [1.82, 2.24) is 20.0 Å². The summed E-state index contributed by atoms with van der Waals surface area (Å²) in [4.78, 5) is 16.4. The first-order chi connectivity index (χ1) is 14.1. The van der Waals surface area contributed by atoms with Crippen molar-refractivity contribution in [1.29, 1.82) is 0 Å². The van der Waals surface area contributed by atoms with Crippen LogP contribution in [0.1, 0.15) is 52.2 Å². The van der Waals surface area contributed by atoms with Crippen LogP contribution < -0.4 is 0 Å². The number of carbonyl (C=O) groups excluding carboxylic acids is 1. The molecule has 0 aliphatic carbocycles. The first-order valence-electron chi connectivity index (χ1n) is 10.1. The topological polar surface area (TPSA) is 61.5 Å². The van der Waals surface area contributed by atoms with E-state index in [1.54, 1.807) is 13.2 Å². The first-order valence-corrected chi connectivity index (χ1v) is 10.4. The average molecular weight is 421 g/mol. The third kappa shape index (κ3) is 3.97. The standard InChI is InChI=1S/C21H26ClFN4O2/c1-29-12-11-27-10-7-17-19(18(13-28)25-24-17)21(27)26-8-5-14(6-9-26)15-3-2-4-16(23)20(15)22/h2-4,13-14,21H,5-12H2,1H3,(H,24,25). The average Bonchev–Trinajstić information content (AvgIpc) is 3.17. The van der Waals surface area contributed by atoms with Crippen LogP contribution >= 0.6 is 11.6 Å². The SMILES string of the molecule is COCCN1CCc2[nH]nc(C=O)c2C1N1CCC(c2cccc(F)c2Cl)CC1. The number of hydrogen-bond donors (Lipinski definition) is 1. The van der Waals surface area contributed by atoms with Gasteiger partial charge in [-0.05, 0) is 30.4 Å². The number of nitrogens with zero attached hydrogens (tertiary/aromatic N) is 3. The quantitative estimate of drug-likeness (QED) is 0.726. The summed E-state index contributed by atoms with van der Waals surface area (Å²) in [5.41, 5.74) is 3.41. The van der Waals surface area contributed by atoms with Crippen molar-refractivity contribution < 1.29 is 13.9 Å². The van der Waals surface area contributed by atoms with Gasteiger partial charge < -0.3 is 4.74 Å². The van der Waals surface area contributed by atoms with Gasteiger partial charge >= 0.3 is 0 Å². The van der Waals surface area contributed by atoms with Crippen LogP contribution in [0.5, 0.6) is 0 Å². The van der Waals surface area contributed by atoms with Gasteiger partial charge in [-0.25, -0.2) is 4.39 Å². The number of nitrogens with one attached hydrogen (secondary N) is 1. The van der Waals surface area contributed by atoms with E-state index in [1.165, 1.54) is 6.07 Å². The molecule has 2 aliphatic rings. The maximum atomic E-state index is 13.9. The number of benzene rings is 1. The molecule has 1 unspecified atom stereocenters. The zero-order valence-corrected chi connectivity index (χ0v) is 17.3. The Morgan fingerprint density at radius 3 is 2.86 bits per heavy atom. The summed E-state index contributed by atoms with van der Waals surface area (Å²) in [5, 5.41) is 7.51. The Hall–Kier alpha value is -1.80. The number of halogens is 2. The van der Waals surface area contributed by atoms with Crippen LogP contribution in [0, 0.1) is 5.82 Å². The van der Waals surface area contributed by atoms with E-state index in [2.05, 4.69) is 20.0 Å². The van der Waals surface area contributed by atoms with Crippen molar-refractivity contribution in [3.8, 4) is 0 Å². The number of aromatic amines is 1. The second-order valence-corrected chi connectivity index (χ2v) is 8.10. The number of H-pyrrole nitrogens is 1. The first kappa shape index (κ1) is 20.5. The molecule has 8 heteroatoms. The number of fused-ring (bicyclic) bond motifs is 1. The Labute approximate surface area is 175 Å². The maximum Gasteiger partial charge on any atom is 0.170 e. The van der Waals surface area contributed by atoms with Crippen molar-refractivity contribution in [3.05, 3.63) is 51.6 Å². The zero-order chi connectivity index (χ0) is 20.4. The summed E-state index contributed by atoms with van der Waals surface area (Å²) >= 11 is 6.22. The molecule has 2 aliphatic heterocycles. The number of aromatic nitrogens is 2. The van der Waals surface area contributed by atoms with Gasteiger partial charge in [0.2, 0.25) is 0 Å². The van der Waals surface area contributed by atoms with Crippen molar-refractivity contribution >= 4 is 17.9 Å². The Bertz CT molecular complexity index is 866. The normalized spacial score (nSPS) is 21.3. The third-order valence-corrected chi connectivity index (χ3v) is 6.56. The van der Waals surface area contributed by atoms with E-state index >= 15 is 0 Å². The molecule has 1 aromatic heterocycles. The van der Waals surface area contributed by atoms with E-state index in [0.717, 1.165) is 68.5 Å². The number of methoxy groups -OCH3 is 1. The van der Waals surface area contributed by atoms with Gasteiger partial charge in [0.15, 0.2) is 6.29 Å². The molecule has 0 radical (unpaired) electrons. The fourth-order valence-corrected chi connectivity index (χ4v) is 4.96. The van der Waals surface area contributed by atoms with Gasteiger partial charge in [0.05, 0.1) is 17.8 Å². The summed E-state index contributed by atoms with van der Waals surface area (Å²) in [6, 6.07) is 5.05. The van der Waals surface area contributed by atoms with E-state index < -0.39 is 0 Å². The van der Waals surface area contributed by atoms with Crippen molar-refractivity contribution in [2.45, 2.75) is 31.3 Å². The predicted octanol–water partition coefficient (Wildman–Crippen LogP) is 3.40. The highest BCUT2D eigenvalue weighted by molar-refractivity contribution is 6.31. The van der Waals surface area contributed by atoms with E-state index in [1.807, 2.05) is 6.07 Å². The number of aldehydes is 1. The van der Waals surface area contributed by atoms with E-state index in [-0.39, 0.29) is 22.9 Å². The molecule has 156 valence electrons. The van der Waals surface area contributed by atoms with E-state index in [9.17, 15) is 9.18 Å². The molecule has 0 amide bonds. The Balaban J connectivity index is 1.55. The fraction of sp³-hybridized carbons (Fsp3) is 0.524. The van der Waals surface area contributed by atoms with Gasteiger partial charge in [-0.3, -0.25) is 19.7 Å². The van der Waals surface area contributed by atoms with Gasteiger partial charge in [-0.1, -0.05) is 23.7 Å². The highest BCUT2D eigenvalue weighted by Gasteiger charge is 2.37. The lowest BCUT2D eigenvalue weighted by Crippen LogP contribution is -2.49. The minimum Gasteiger partial charge on any atom is -0.383 e. The number of hydrogen-bond acceptors (Lipinski definition) is 5. The van der Waals surface area contributed by atoms with Crippen LogP contribution in [0.25, 0.3) is 0 Å². The summed E-state index contributed by atoms with van der Waals surface area (Å²) in [7, 11) is 1.70. The third-order valence-electron chi connectivity index (χ3n) is 6.16. The molecule has 0 spiro atoms. The predicted molar refractivity (Wildman–Crippen MR) is 109 cm³/mol. The van der Waals surface area contributed by atoms with Crippen molar-refractivity contribution in [2.75, 3.05) is 39.9 Å². The molecule has 1 fully saturated rings. The van der Waals surface area contributed by atoms with Crippen molar-refractivity contribution in [3.63, 3.8) is 0 Å². The molecule has 3 heterocycles. The van der Waals surface area contributed by atoms with Crippen LogP contribution in [0.3, 0.4) is 0 Å².